The second-order valence-electron chi connectivity index (χ2n) is 4.84. The third-order valence-electron chi connectivity index (χ3n) is 3.43. The number of para-hydroxylation sites is 1. The highest BCUT2D eigenvalue weighted by Gasteiger charge is 2.12. The van der Waals surface area contributed by atoms with Crippen molar-refractivity contribution < 1.29 is 4.79 Å². The number of hydrogen-bond donors (Lipinski definition) is 1. The number of aryl methyl sites for hydroxylation is 2. The van der Waals surface area contributed by atoms with E-state index in [-0.39, 0.29) is 5.91 Å². The monoisotopic (exact) mass is 318 g/mol. The van der Waals surface area contributed by atoms with Crippen LogP contribution in [0.5, 0.6) is 0 Å². The van der Waals surface area contributed by atoms with Gasteiger partial charge < -0.3 is 9.88 Å². The topological polar surface area (TPSA) is 59.8 Å². The van der Waals surface area contributed by atoms with Gasteiger partial charge in [0.25, 0.3) is 0 Å². The van der Waals surface area contributed by atoms with Crippen molar-refractivity contribution in [3.05, 3.63) is 35.7 Å². The SMILES string of the molecule is CCc1ccccc1NC(=O)CSc1nnc(CC)n1CC. The first kappa shape index (κ1) is 16.5. The molecule has 0 aliphatic rings. The Hall–Kier alpha value is -1.82. The number of nitrogens with one attached hydrogen (secondary N) is 1. The summed E-state index contributed by atoms with van der Waals surface area (Å²) < 4.78 is 2.05. The van der Waals surface area contributed by atoms with E-state index in [4.69, 9.17) is 0 Å². The lowest BCUT2D eigenvalue weighted by atomic mass is 10.1. The van der Waals surface area contributed by atoms with Gasteiger partial charge in [-0.2, -0.15) is 0 Å². The minimum Gasteiger partial charge on any atom is -0.325 e. The van der Waals surface area contributed by atoms with Gasteiger partial charge in [-0.25, -0.2) is 0 Å². The Morgan fingerprint density at radius 2 is 1.95 bits per heavy atom. The Bertz CT molecular complexity index is 639. The maximum absolute atomic E-state index is 12.1. The molecule has 1 aromatic carbocycles. The average molecular weight is 318 g/mol. The van der Waals surface area contributed by atoms with Gasteiger partial charge in [-0.1, -0.05) is 43.8 Å². The minimum absolute atomic E-state index is 0.0189. The number of amides is 1. The van der Waals surface area contributed by atoms with Gasteiger partial charge in [0, 0.05) is 18.7 Å². The van der Waals surface area contributed by atoms with E-state index in [0.717, 1.165) is 41.6 Å². The van der Waals surface area contributed by atoms with Crippen LogP contribution in [0, 0.1) is 0 Å². The largest absolute Gasteiger partial charge is 0.325 e. The molecular weight excluding hydrogens is 296 g/mol. The number of hydrogen-bond acceptors (Lipinski definition) is 4. The smallest absolute Gasteiger partial charge is 0.234 e. The Labute approximate surface area is 135 Å². The van der Waals surface area contributed by atoms with Gasteiger partial charge in [0.05, 0.1) is 5.75 Å². The van der Waals surface area contributed by atoms with E-state index >= 15 is 0 Å². The number of carbonyl (C=O) groups is 1. The quantitative estimate of drug-likeness (QED) is 0.797. The van der Waals surface area contributed by atoms with Crippen LogP contribution in [0.25, 0.3) is 0 Å². The molecular formula is C16H22N4OS. The molecule has 1 heterocycles. The van der Waals surface area contributed by atoms with E-state index in [0.29, 0.717) is 5.75 Å². The molecule has 22 heavy (non-hydrogen) atoms. The molecule has 5 nitrogen and oxygen atoms in total. The molecule has 2 rings (SSSR count). The van der Waals surface area contributed by atoms with Crippen molar-refractivity contribution in [2.75, 3.05) is 11.1 Å². The number of carbonyl (C=O) groups excluding carboxylic acids is 1. The number of anilines is 1. The lowest BCUT2D eigenvalue weighted by Gasteiger charge is -2.09. The summed E-state index contributed by atoms with van der Waals surface area (Å²) in [6.07, 6.45) is 1.74. The van der Waals surface area contributed by atoms with Gasteiger partial charge in [-0.3, -0.25) is 4.79 Å². The molecule has 0 spiro atoms. The zero-order chi connectivity index (χ0) is 15.9. The zero-order valence-electron chi connectivity index (χ0n) is 13.3. The van der Waals surface area contributed by atoms with Crippen LogP contribution in [0.4, 0.5) is 5.69 Å². The summed E-state index contributed by atoms with van der Waals surface area (Å²) in [7, 11) is 0. The molecule has 0 saturated carbocycles. The zero-order valence-corrected chi connectivity index (χ0v) is 14.1. The molecule has 0 saturated heterocycles. The van der Waals surface area contributed by atoms with E-state index in [1.807, 2.05) is 24.3 Å². The molecule has 1 amide bonds. The second kappa shape index (κ2) is 7.98. The summed E-state index contributed by atoms with van der Waals surface area (Å²) in [6, 6.07) is 7.89. The lowest BCUT2D eigenvalue weighted by molar-refractivity contribution is -0.113. The first-order valence-electron chi connectivity index (χ1n) is 7.62. The Morgan fingerprint density at radius 1 is 1.18 bits per heavy atom. The molecule has 6 heteroatoms. The maximum atomic E-state index is 12.1. The van der Waals surface area contributed by atoms with Gasteiger partial charge in [-0.15, -0.1) is 10.2 Å². The fourth-order valence-corrected chi connectivity index (χ4v) is 3.09. The number of thioether (sulfide) groups is 1. The summed E-state index contributed by atoms with van der Waals surface area (Å²) >= 11 is 1.43. The Balaban J connectivity index is 1.97. The van der Waals surface area contributed by atoms with E-state index in [9.17, 15) is 4.79 Å². The highest BCUT2D eigenvalue weighted by Crippen LogP contribution is 2.19. The van der Waals surface area contributed by atoms with Crippen molar-refractivity contribution in [3.63, 3.8) is 0 Å². The van der Waals surface area contributed by atoms with Crippen molar-refractivity contribution in [2.24, 2.45) is 0 Å². The maximum Gasteiger partial charge on any atom is 0.234 e. The molecule has 0 unspecified atom stereocenters. The van der Waals surface area contributed by atoms with Crippen LogP contribution in [0.1, 0.15) is 32.2 Å². The van der Waals surface area contributed by atoms with Gasteiger partial charge in [-0.05, 0) is 25.0 Å². The molecule has 0 bridgehead atoms. The molecule has 0 fully saturated rings. The average Bonchev–Trinajstić information content (AvgIpc) is 2.95. The molecule has 118 valence electrons. The summed E-state index contributed by atoms with van der Waals surface area (Å²) in [6.45, 7) is 7.01. The van der Waals surface area contributed by atoms with Crippen LogP contribution < -0.4 is 5.32 Å². The Kier molecular flexibility index (Phi) is 6.00. The fraction of sp³-hybridized carbons (Fsp3) is 0.438. The van der Waals surface area contributed by atoms with E-state index in [1.54, 1.807) is 0 Å². The summed E-state index contributed by atoms with van der Waals surface area (Å²) in [5, 5.41) is 12.1. The number of benzene rings is 1. The summed E-state index contributed by atoms with van der Waals surface area (Å²) in [4.78, 5) is 12.1. The minimum atomic E-state index is -0.0189. The summed E-state index contributed by atoms with van der Waals surface area (Å²) in [5.74, 6) is 1.27. The van der Waals surface area contributed by atoms with Crippen LogP contribution in [0.3, 0.4) is 0 Å². The highest BCUT2D eigenvalue weighted by atomic mass is 32.2. The van der Waals surface area contributed by atoms with E-state index in [2.05, 4.69) is 40.9 Å². The first-order chi connectivity index (χ1) is 10.7. The standard InChI is InChI=1S/C16H22N4OS/c1-4-12-9-7-8-10-13(12)17-15(21)11-22-16-19-18-14(5-2)20(16)6-3/h7-10H,4-6,11H2,1-3H3,(H,17,21). The molecule has 1 N–H and O–H groups in total. The molecule has 0 aliphatic heterocycles. The molecule has 1 aromatic heterocycles. The van der Waals surface area contributed by atoms with Crippen LogP contribution in [0.15, 0.2) is 29.4 Å². The van der Waals surface area contributed by atoms with Crippen molar-refractivity contribution in [3.8, 4) is 0 Å². The molecule has 0 radical (unpaired) electrons. The van der Waals surface area contributed by atoms with Crippen molar-refractivity contribution in [1.29, 1.82) is 0 Å². The first-order valence-corrected chi connectivity index (χ1v) is 8.60. The second-order valence-corrected chi connectivity index (χ2v) is 5.79. The molecule has 0 atom stereocenters. The number of rotatable bonds is 7. The number of aromatic nitrogens is 3. The highest BCUT2D eigenvalue weighted by molar-refractivity contribution is 7.99. The fourth-order valence-electron chi connectivity index (χ4n) is 2.27. The van der Waals surface area contributed by atoms with E-state index < -0.39 is 0 Å². The van der Waals surface area contributed by atoms with Crippen LogP contribution >= 0.6 is 11.8 Å². The van der Waals surface area contributed by atoms with Gasteiger partial charge >= 0.3 is 0 Å². The lowest BCUT2D eigenvalue weighted by Crippen LogP contribution is -2.15. The molecule has 0 aliphatic carbocycles. The van der Waals surface area contributed by atoms with E-state index in [1.165, 1.54) is 11.8 Å². The number of nitrogens with zero attached hydrogens (tertiary/aromatic N) is 3. The Morgan fingerprint density at radius 3 is 2.64 bits per heavy atom. The van der Waals surface area contributed by atoms with Crippen LogP contribution in [-0.4, -0.2) is 26.4 Å². The van der Waals surface area contributed by atoms with Gasteiger partial charge in [0.1, 0.15) is 5.82 Å². The summed E-state index contributed by atoms with van der Waals surface area (Å²) in [5.41, 5.74) is 2.03. The van der Waals surface area contributed by atoms with Gasteiger partial charge in [0.2, 0.25) is 5.91 Å². The van der Waals surface area contributed by atoms with Gasteiger partial charge in [0.15, 0.2) is 5.16 Å². The van der Waals surface area contributed by atoms with Crippen LogP contribution in [-0.2, 0) is 24.2 Å². The third-order valence-corrected chi connectivity index (χ3v) is 4.40. The van der Waals surface area contributed by atoms with Crippen molar-refractivity contribution in [2.45, 2.75) is 45.3 Å². The predicted octanol–water partition coefficient (Wildman–Crippen LogP) is 3.15. The molecule has 2 aromatic rings. The third kappa shape index (κ3) is 3.88. The predicted molar refractivity (Wildman–Crippen MR) is 90.2 cm³/mol. The van der Waals surface area contributed by atoms with Crippen molar-refractivity contribution >= 4 is 23.4 Å². The van der Waals surface area contributed by atoms with Crippen LogP contribution in [0.2, 0.25) is 0 Å². The normalized spacial score (nSPS) is 10.7. The van der Waals surface area contributed by atoms with Crippen molar-refractivity contribution in [1.82, 2.24) is 14.8 Å².